The first-order valence-corrected chi connectivity index (χ1v) is 8.74. The predicted octanol–water partition coefficient (Wildman–Crippen LogP) is 3.00. The van der Waals surface area contributed by atoms with Crippen LogP contribution in [0.25, 0.3) is 0 Å². The number of thioether (sulfide) groups is 1. The lowest BCUT2D eigenvalue weighted by molar-refractivity contribution is 0.589. The molecule has 1 aromatic carbocycles. The topological polar surface area (TPSA) is 58.6 Å². The van der Waals surface area contributed by atoms with Crippen LogP contribution in [0.5, 0.6) is 0 Å². The van der Waals surface area contributed by atoms with Crippen LogP contribution in [0.1, 0.15) is 26.3 Å². The Morgan fingerprint density at radius 3 is 2.50 bits per heavy atom. The molecule has 20 heavy (non-hydrogen) atoms. The van der Waals surface area contributed by atoms with Crippen LogP contribution in [0.4, 0.5) is 0 Å². The Morgan fingerprint density at radius 2 is 1.95 bits per heavy atom. The highest BCUT2D eigenvalue weighted by molar-refractivity contribution is 8.00. The van der Waals surface area contributed by atoms with Crippen molar-refractivity contribution < 1.29 is 4.21 Å². The van der Waals surface area contributed by atoms with Crippen molar-refractivity contribution >= 4 is 22.6 Å². The number of hydrogen-bond donors (Lipinski definition) is 1. The van der Waals surface area contributed by atoms with Crippen molar-refractivity contribution in [1.82, 2.24) is 15.2 Å². The molecule has 0 spiro atoms. The molecule has 1 aromatic heterocycles. The Bertz CT molecular complexity index is 559. The molecule has 1 atom stereocenters. The van der Waals surface area contributed by atoms with E-state index in [9.17, 15) is 4.21 Å². The summed E-state index contributed by atoms with van der Waals surface area (Å²) in [7, 11) is -0.963. The van der Waals surface area contributed by atoms with Gasteiger partial charge in [-0.25, -0.2) is 4.98 Å². The standard InChI is InChI=1S/C14H19N3OS2/c1-14(2,3)11-4-6-12(7-5-11)20(18)9-8-19-13-15-10-16-17-13/h4-7,10H,8-9H2,1-3H3,(H,15,16,17). The van der Waals surface area contributed by atoms with Crippen molar-refractivity contribution in [3.8, 4) is 0 Å². The Hall–Kier alpha value is -1.14. The summed E-state index contributed by atoms with van der Waals surface area (Å²) in [5.74, 6) is 1.36. The van der Waals surface area contributed by atoms with Crippen LogP contribution in [0.2, 0.25) is 0 Å². The molecule has 0 saturated heterocycles. The van der Waals surface area contributed by atoms with Gasteiger partial charge in [-0.15, -0.1) is 0 Å². The van der Waals surface area contributed by atoms with E-state index in [1.54, 1.807) is 0 Å². The molecule has 0 radical (unpaired) electrons. The summed E-state index contributed by atoms with van der Waals surface area (Å²) < 4.78 is 12.2. The minimum absolute atomic E-state index is 0.127. The largest absolute Gasteiger partial charge is 0.254 e. The molecule has 1 unspecified atom stereocenters. The van der Waals surface area contributed by atoms with Crippen LogP contribution in [-0.4, -0.2) is 30.9 Å². The molecular weight excluding hydrogens is 290 g/mol. The van der Waals surface area contributed by atoms with Crippen LogP contribution in [0.15, 0.2) is 40.6 Å². The van der Waals surface area contributed by atoms with Crippen LogP contribution in [0.3, 0.4) is 0 Å². The average molecular weight is 309 g/mol. The average Bonchev–Trinajstić information content (AvgIpc) is 2.91. The maximum absolute atomic E-state index is 12.2. The zero-order valence-corrected chi connectivity index (χ0v) is 13.6. The van der Waals surface area contributed by atoms with Crippen molar-refractivity contribution in [3.63, 3.8) is 0 Å². The first-order valence-electron chi connectivity index (χ1n) is 6.44. The maximum atomic E-state index is 12.2. The molecule has 2 aromatic rings. The number of H-pyrrole nitrogens is 1. The highest BCUT2D eigenvalue weighted by Crippen LogP contribution is 2.23. The number of aromatic amines is 1. The van der Waals surface area contributed by atoms with E-state index in [0.29, 0.717) is 5.75 Å². The maximum Gasteiger partial charge on any atom is 0.183 e. The van der Waals surface area contributed by atoms with Gasteiger partial charge in [-0.2, -0.15) is 5.10 Å². The first-order chi connectivity index (χ1) is 9.47. The smallest absolute Gasteiger partial charge is 0.183 e. The number of nitrogens with one attached hydrogen (secondary N) is 1. The number of aromatic nitrogens is 3. The van der Waals surface area contributed by atoms with Gasteiger partial charge in [0.05, 0.1) is 10.8 Å². The lowest BCUT2D eigenvalue weighted by Gasteiger charge is -2.19. The van der Waals surface area contributed by atoms with E-state index in [1.807, 2.05) is 12.1 Å². The third-order valence-electron chi connectivity index (χ3n) is 2.88. The second-order valence-corrected chi connectivity index (χ2v) is 8.12. The molecule has 0 aliphatic heterocycles. The summed E-state index contributed by atoms with van der Waals surface area (Å²) in [4.78, 5) is 4.91. The van der Waals surface area contributed by atoms with Crippen molar-refractivity contribution in [3.05, 3.63) is 36.2 Å². The molecule has 6 heteroatoms. The van der Waals surface area contributed by atoms with Gasteiger partial charge in [0.2, 0.25) is 0 Å². The quantitative estimate of drug-likeness (QED) is 0.863. The summed E-state index contributed by atoms with van der Waals surface area (Å²) in [6.45, 7) is 6.52. The number of benzene rings is 1. The monoisotopic (exact) mass is 309 g/mol. The second-order valence-electron chi connectivity index (χ2n) is 5.46. The molecule has 108 valence electrons. The zero-order valence-electron chi connectivity index (χ0n) is 11.9. The van der Waals surface area contributed by atoms with Gasteiger partial charge in [0, 0.05) is 16.4 Å². The van der Waals surface area contributed by atoms with E-state index >= 15 is 0 Å². The van der Waals surface area contributed by atoms with Gasteiger partial charge in [0.25, 0.3) is 0 Å². The molecule has 0 fully saturated rings. The van der Waals surface area contributed by atoms with Crippen molar-refractivity contribution in [2.45, 2.75) is 36.2 Å². The molecular formula is C14H19N3OS2. The van der Waals surface area contributed by atoms with E-state index in [-0.39, 0.29) is 5.41 Å². The van der Waals surface area contributed by atoms with E-state index in [4.69, 9.17) is 0 Å². The first kappa shape index (κ1) is 15.3. The normalized spacial score (nSPS) is 13.3. The third-order valence-corrected chi connectivity index (χ3v) is 5.39. The van der Waals surface area contributed by atoms with Crippen LogP contribution >= 0.6 is 11.8 Å². The molecule has 4 nitrogen and oxygen atoms in total. The molecule has 1 heterocycles. The van der Waals surface area contributed by atoms with Gasteiger partial charge in [0.15, 0.2) is 5.16 Å². The van der Waals surface area contributed by atoms with Crippen molar-refractivity contribution in [1.29, 1.82) is 0 Å². The minimum Gasteiger partial charge on any atom is -0.254 e. The van der Waals surface area contributed by atoms with Crippen molar-refractivity contribution in [2.75, 3.05) is 11.5 Å². The molecule has 2 rings (SSSR count). The zero-order chi connectivity index (χ0) is 14.6. The summed E-state index contributed by atoms with van der Waals surface area (Å²) in [5, 5.41) is 7.32. The van der Waals surface area contributed by atoms with E-state index in [2.05, 4.69) is 48.1 Å². The summed E-state index contributed by atoms with van der Waals surface area (Å²) in [6, 6.07) is 8.07. The van der Waals surface area contributed by atoms with Crippen LogP contribution < -0.4 is 0 Å². The summed E-state index contributed by atoms with van der Waals surface area (Å²) in [5.41, 5.74) is 1.39. The van der Waals surface area contributed by atoms with E-state index in [1.165, 1.54) is 23.7 Å². The van der Waals surface area contributed by atoms with Crippen LogP contribution in [-0.2, 0) is 16.2 Å². The molecule has 0 saturated carbocycles. The van der Waals surface area contributed by atoms with Gasteiger partial charge in [0.1, 0.15) is 6.33 Å². The fourth-order valence-electron chi connectivity index (χ4n) is 1.70. The predicted molar refractivity (Wildman–Crippen MR) is 83.5 cm³/mol. The van der Waals surface area contributed by atoms with Crippen LogP contribution in [0, 0.1) is 0 Å². The van der Waals surface area contributed by atoms with Gasteiger partial charge in [-0.3, -0.25) is 9.31 Å². The molecule has 1 N–H and O–H groups in total. The lowest BCUT2D eigenvalue weighted by Crippen LogP contribution is -2.11. The number of nitrogens with zero attached hydrogens (tertiary/aromatic N) is 2. The summed E-state index contributed by atoms with van der Waals surface area (Å²) in [6.07, 6.45) is 1.48. The minimum atomic E-state index is -0.963. The lowest BCUT2D eigenvalue weighted by atomic mass is 9.87. The molecule has 0 aliphatic carbocycles. The fraction of sp³-hybridized carbons (Fsp3) is 0.429. The van der Waals surface area contributed by atoms with Crippen molar-refractivity contribution in [2.24, 2.45) is 0 Å². The van der Waals surface area contributed by atoms with E-state index < -0.39 is 10.8 Å². The Morgan fingerprint density at radius 1 is 1.25 bits per heavy atom. The van der Waals surface area contributed by atoms with E-state index in [0.717, 1.165) is 15.8 Å². The highest BCUT2D eigenvalue weighted by Gasteiger charge is 2.13. The molecule has 0 amide bonds. The Kier molecular flexibility index (Phi) is 4.99. The molecule has 0 bridgehead atoms. The highest BCUT2D eigenvalue weighted by atomic mass is 32.2. The Balaban J connectivity index is 1.89. The second kappa shape index (κ2) is 6.54. The molecule has 0 aliphatic rings. The Labute approximate surface area is 126 Å². The van der Waals surface area contributed by atoms with Gasteiger partial charge < -0.3 is 0 Å². The van der Waals surface area contributed by atoms with Gasteiger partial charge in [-0.05, 0) is 23.1 Å². The number of hydrogen-bond acceptors (Lipinski definition) is 4. The fourth-order valence-corrected chi connectivity index (χ4v) is 3.75. The number of rotatable bonds is 5. The summed E-state index contributed by atoms with van der Waals surface area (Å²) >= 11 is 1.54. The third kappa shape index (κ3) is 4.18. The SMILES string of the molecule is CC(C)(C)c1ccc(S(=O)CCSc2ncn[nH]2)cc1. The van der Waals surface area contributed by atoms with Gasteiger partial charge in [-0.1, -0.05) is 44.7 Å². The van der Waals surface area contributed by atoms with Gasteiger partial charge >= 0.3 is 0 Å².